The Kier molecular flexibility index (Phi) is 5.58. The molecule has 1 rings (SSSR count). The van der Waals surface area contributed by atoms with Crippen molar-refractivity contribution < 1.29 is 4.74 Å². The number of hydrogen-bond donors (Lipinski definition) is 2. The lowest BCUT2D eigenvalue weighted by atomic mass is 9.91. The van der Waals surface area contributed by atoms with Crippen LogP contribution in [0.3, 0.4) is 0 Å². The third-order valence-electron chi connectivity index (χ3n) is 3.63. The summed E-state index contributed by atoms with van der Waals surface area (Å²) < 4.78 is 5.53. The van der Waals surface area contributed by atoms with Crippen LogP contribution in [-0.4, -0.2) is 31.8 Å². The van der Waals surface area contributed by atoms with E-state index in [4.69, 9.17) is 10.5 Å². The zero-order valence-corrected chi connectivity index (χ0v) is 10.2. The van der Waals surface area contributed by atoms with E-state index >= 15 is 0 Å². The molecule has 90 valence electrons. The van der Waals surface area contributed by atoms with Crippen LogP contribution in [0.1, 0.15) is 39.5 Å². The summed E-state index contributed by atoms with van der Waals surface area (Å²) in [7, 11) is 0. The maximum atomic E-state index is 5.86. The van der Waals surface area contributed by atoms with Gasteiger partial charge in [-0.1, -0.05) is 26.7 Å². The van der Waals surface area contributed by atoms with E-state index in [2.05, 4.69) is 19.2 Å². The quantitative estimate of drug-likeness (QED) is 0.705. The number of nitrogens with two attached hydrogens (primary N) is 1. The fourth-order valence-corrected chi connectivity index (χ4v) is 2.16. The van der Waals surface area contributed by atoms with Gasteiger partial charge < -0.3 is 15.8 Å². The molecule has 1 heterocycles. The first kappa shape index (κ1) is 12.9. The largest absolute Gasteiger partial charge is 0.379 e. The first-order chi connectivity index (χ1) is 7.26. The molecule has 0 saturated carbocycles. The topological polar surface area (TPSA) is 47.3 Å². The minimum Gasteiger partial charge on any atom is -0.379 e. The molecule has 0 aromatic heterocycles. The molecule has 0 radical (unpaired) electrons. The smallest absolute Gasteiger partial charge is 0.0660 e. The number of nitrogens with one attached hydrogen (secondary N) is 1. The van der Waals surface area contributed by atoms with Gasteiger partial charge in [-0.2, -0.15) is 0 Å². The van der Waals surface area contributed by atoms with Gasteiger partial charge in [-0.3, -0.25) is 0 Å². The van der Waals surface area contributed by atoms with Crippen LogP contribution in [0.25, 0.3) is 0 Å². The maximum absolute atomic E-state index is 5.86. The maximum Gasteiger partial charge on any atom is 0.0660 e. The second-order valence-electron chi connectivity index (χ2n) is 4.70. The van der Waals surface area contributed by atoms with Gasteiger partial charge in [0, 0.05) is 13.2 Å². The van der Waals surface area contributed by atoms with Crippen molar-refractivity contribution in [2.45, 2.75) is 45.1 Å². The van der Waals surface area contributed by atoms with Crippen LogP contribution in [0.5, 0.6) is 0 Å². The van der Waals surface area contributed by atoms with Gasteiger partial charge in [0.05, 0.1) is 12.1 Å². The molecule has 0 spiro atoms. The van der Waals surface area contributed by atoms with Crippen molar-refractivity contribution >= 4 is 0 Å². The van der Waals surface area contributed by atoms with Crippen LogP contribution in [0.15, 0.2) is 0 Å². The minimum atomic E-state index is 0.0564. The molecule has 1 saturated heterocycles. The Balaban J connectivity index is 2.38. The van der Waals surface area contributed by atoms with Crippen LogP contribution in [0.4, 0.5) is 0 Å². The monoisotopic (exact) mass is 214 g/mol. The second-order valence-corrected chi connectivity index (χ2v) is 4.70. The summed E-state index contributed by atoms with van der Waals surface area (Å²) in [6, 6.07) is 0. The highest BCUT2D eigenvalue weighted by Gasteiger charge is 2.31. The van der Waals surface area contributed by atoms with Crippen molar-refractivity contribution in [1.82, 2.24) is 5.32 Å². The molecule has 1 fully saturated rings. The lowest BCUT2D eigenvalue weighted by Crippen LogP contribution is -2.57. The summed E-state index contributed by atoms with van der Waals surface area (Å²) >= 11 is 0. The SMILES string of the molecule is CCC(CC)CNC1(CN)CCCOC1. The molecule has 1 aliphatic heterocycles. The van der Waals surface area contributed by atoms with Crippen molar-refractivity contribution in [3.05, 3.63) is 0 Å². The molecule has 1 unspecified atom stereocenters. The van der Waals surface area contributed by atoms with E-state index < -0.39 is 0 Å². The summed E-state index contributed by atoms with van der Waals surface area (Å²) in [5, 5.41) is 3.64. The third-order valence-corrected chi connectivity index (χ3v) is 3.63. The lowest BCUT2D eigenvalue weighted by Gasteiger charge is -2.38. The highest BCUT2D eigenvalue weighted by Crippen LogP contribution is 2.19. The Hall–Kier alpha value is -0.120. The number of ether oxygens (including phenoxy) is 1. The van der Waals surface area contributed by atoms with E-state index in [1.807, 2.05) is 0 Å². The predicted octanol–water partition coefficient (Wildman–Crippen LogP) is 1.52. The molecule has 3 N–H and O–H groups in total. The first-order valence-electron chi connectivity index (χ1n) is 6.29. The van der Waals surface area contributed by atoms with Crippen molar-refractivity contribution in [3.8, 4) is 0 Å². The lowest BCUT2D eigenvalue weighted by molar-refractivity contribution is 0.0222. The average Bonchev–Trinajstić information content (AvgIpc) is 2.31. The van der Waals surface area contributed by atoms with Gasteiger partial charge in [0.2, 0.25) is 0 Å². The highest BCUT2D eigenvalue weighted by molar-refractivity contribution is 4.91. The first-order valence-corrected chi connectivity index (χ1v) is 6.29. The Morgan fingerprint density at radius 2 is 2.13 bits per heavy atom. The summed E-state index contributed by atoms with van der Waals surface area (Å²) in [4.78, 5) is 0. The van der Waals surface area contributed by atoms with Crippen LogP contribution in [0.2, 0.25) is 0 Å². The standard InChI is InChI=1S/C12H26N2O/c1-3-11(4-2)8-14-12(9-13)6-5-7-15-10-12/h11,14H,3-10,13H2,1-2H3. The van der Waals surface area contributed by atoms with Crippen molar-refractivity contribution in [3.63, 3.8) is 0 Å². The molecule has 0 aromatic rings. The molecule has 0 bridgehead atoms. The molecule has 3 heteroatoms. The normalized spacial score (nSPS) is 27.2. The van der Waals surface area contributed by atoms with Gasteiger partial charge in [-0.15, -0.1) is 0 Å². The summed E-state index contributed by atoms with van der Waals surface area (Å²) in [5.41, 5.74) is 5.92. The number of hydrogen-bond acceptors (Lipinski definition) is 3. The molecule has 0 amide bonds. The van der Waals surface area contributed by atoms with Crippen molar-refractivity contribution in [1.29, 1.82) is 0 Å². The molecule has 0 aromatic carbocycles. The Bertz CT molecular complexity index is 163. The van der Waals surface area contributed by atoms with Gasteiger partial charge in [0.15, 0.2) is 0 Å². The third kappa shape index (κ3) is 3.74. The van der Waals surface area contributed by atoms with Crippen molar-refractivity contribution in [2.24, 2.45) is 11.7 Å². The summed E-state index contributed by atoms with van der Waals surface area (Å²) in [6.45, 7) is 7.95. The molecular formula is C12H26N2O. The summed E-state index contributed by atoms with van der Waals surface area (Å²) in [6.07, 6.45) is 4.77. The Labute approximate surface area is 93.8 Å². The second kappa shape index (κ2) is 6.46. The van der Waals surface area contributed by atoms with Crippen LogP contribution >= 0.6 is 0 Å². The zero-order chi connectivity index (χ0) is 11.1. The van der Waals surface area contributed by atoms with E-state index in [-0.39, 0.29) is 5.54 Å². The fourth-order valence-electron chi connectivity index (χ4n) is 2.16. The van der Waals surface area contributed by atoms with Gasteiger partial charge >= 0.3 is 0 Å². The minimum absolute atomic E-state index is 0.0564. The van der Waals surface area contributed by atoms with E-state index in [1.165, 1.54) is 12.8 Å². The highest BCUT2D eigenvalue weighted by atomic mass is 16.5. The van der Waals surface area contributed by atoms with E-state index in [9.17, 15) is 0 Å². The van der Waals surface area contributed by atoms with Crippen LogP contribution in [0, 0.1) is 5.92 Å². The molecule has 1 atom stereocenters. The Morgan fingerprint density at radius 3 is 2.60 bits per heavy atom. The van der Waals surface area contributed by atoms with Crippen molar-refractivity contribution in [2.75, 3.05) is 26.3 Å². The molecular weight excluding hydrogens is 188 g/mol. The van der Waals surface area contributed by atoms with E-state index in [0.717, 1.165) is 38.5 Å². The van der Waals surface area contributed by atoms with Crippen LogP contribution < -0.4 is 11.1 Å². The predicted molar refractivity (Wildman–Crippen MR) is 63.9 cm³/mol. The van der Waals surface area contributed by atoms with E-state index in [0.29, 0.717) is 6.54 Å². The Morgan fingerprint density at radius 1 is 1.40 bits per heavy atom. The van der Waals surface area contributed by atoms with Crippen LogP contribution in [-0.2, 0) is 4.74 Å². The van der Waals surface area contributed by atoms with Gasteiger partial charge in [-0.05, 0) is 25.3 Å². The van der Waals surface area contributed by atoms with E-state index in [1.54, 1.807) is 0 Å². The zero-order valence-electron chi connectivity index (χ0n) is 10.2. The molecule has 3 nitrogen and oxygen atoms in total. The van der Waals surface area contributed by atoms with Gasteiger partial charge in [-0.25, -0.2) is 0 Å². The van der Waals surface area contributed by atoms with Gasteiger partial charge in [0.25, 0.3) is 0 Å². The molecule has 15 heavy (non-hydrogen) atoms. The average molecular weight is 214 g/mol. The van der Waals surface area contributed by atoms with Gasteiger partial charge in [0.1, 0.15) is 0 Å². The number of rotatable bonds is 6. The molecule has 1 aliphatic rings. The fraction of sp³-hybridized carbons (Fsp3) is 1.00. The summed E-state index contributed by atoms with van der Waals surface area (Å²) in [5.74, 6) is 0.773. The molecule has 0 aliphatic carbocycles.